The summed E-state index contributed by atoms with van der Waals surface area (Å²) in [5.41, 5.74) is 3.45. The zero-order valence-electron chi connectivity index (χ0n) is 16.3. The van der Waals surface area contributed by atoms with Gasteiger partial charge in [-0.05, 0) is 42.7 Å². The molecule has 0 saturated carbocycles. The molecule has 7 nitrogen and oxygen atoms in total. The number of aromatic nitrogens is 3. The van der Waals surface area contributed by atoms with Crippen LogP contribution in [0.25, 0.3) is 10.9 Å². The molecule has 29 heavy (non-hydrogen) atoms. The standard InChI is InChI=1S/C22H22N4O3/c1-28-17-9-14(10-18(13-17)29-2)7-8-16-12-21(26-25-16)24-22(27)20-11-15-5-3-4-6-19(15)23-20/h3-6,9-13,23H,7-8H2,1-2H3,(H2,24,25,26,27). The third-order valence-corrected chi connectivity index (χ3v) is 4.74. The number of benzene rings is 2. The number of carbonyl (C=O) groups excluding carboxylic acids is 1. The topological polar surface area (TPSA) is 92.0 Å². The van der Waals surface area contributed by atoms with Crippen molar-refractivity contribution in [2.75, 3.05) is 19.5 Å². The minimum absolute atomic E-state index is 0.225. The molecular weight excluding hydrogens is 368 g/mol. The van der Waals surface area contributed by atoms with Gasteiger partial charge in [0.2, 0.25) is 0 Å². The van der Waals surface area contributed by atoms with Crippen LogP contribution in [-0.4, -0.2) is 35.3 Å². The van der Waals surface area contributed by atoms with Crippen LogP contribution in [0, 0.1) is 0 Å². The minimum atomic E-state index is -0.225. The van der Waals surface area contributed by atoms with Crippen molar-refractivity contribution in [1.82, 2.24) is 15.2 Å². The number of fused-ring (bicyclic) bond motifs is 1. The van der Waals surface area contributed by atoms with E-state index in [9.17, 15) is 4.79 Å². The number of nitrogens with one attached hydrogen (secondary N) is 3. The highest BCUT2D eigenvalue weighted by atomic mass is 16.5. The lowest BCUT2D eigenvalue weighted by Crippen LogP contribution is -2.12. The van der Waals surface area contributed by atoms with E-state index in [2.05, 4.69) is 20.5 Å². The van der Waals surface area contributed by atoms with Gasteiger partial charge in [-0.15, -0.1) is 0 Å². The van der Waals surface area contributed by atoms with Gasteiger partial charge in [0.1, 0.15) is 17.2 Å². The van der Waals surface area contributed by atoms with E-state index < -0.39 is 0 Å². The summed E-state index contributed by atoms with van der Waals surface area (Å²) in [6, 6.07) is 17.3. The van der Waals surface area contributed by atoms with Gasteiger partial charge in [0.15, 0.2) is 5.82 Å². The van der Waals surface area contributed by atoms with Gasteiger partial charge in [0, 0.05) is 28.7 Å². The maximum absolute atomic E-state index is 12.5. The van der Waals surface area contributed by atoms with Crippen molar-refractivity contribution in [3.63, 3.8) is 0 Å². The van der Waals surface area contributed by atoms with Crippen molar-refractivity contribution in [2.45, 2.75) is 12.8 Å². The highest BCUT2D eigenvalue weighted by molar-refractivity contribution is 6.05. The second-order valence-electron chi connectivity index (χ2n) is 6.72. The number of methoxy groups -OCH3 is 2. The molecule has 2 aromatic heterocycles. The molecule has 2 heterocycles. The average Bonchev–Trinajstić information content (AvgIpc) is 3.38. The summed E-state index contributed by atoms with van der Waals surface area (Å²) in [4.78, 5) is 15.6. The monoisotopic (exact) mass is 390 g/mol. The Morgan fingerprint density at radius 1 is 1.00 bits per heavy atom. The van der Waals surface area contributed by atoms with Crippen LogP contribution >= 0.6 is 0 Å². The number of anilines is 1. The first kappa shape index (κ1) is 18.6. The van der Waals surface area contributed by atoms with Crippen LogP contribution in [0.3, 0.4) is 0 Å². The molecule has 0 atom stereocenters. The van der Waals surface area contributed by atoms with Crippen molar-refractivity contribution in [3.8, 4) is 11.5 Å². The third kappa shape index (κ3) is 4.24. The van der Waals surface area contributed by atoms with Gasteiger partial charge in [-0.25, -0.2) is 0 Å². The zero-order chi connectivity index (χ0) is 20.2. The molecule has 148 valence electrons. The molecule has 1 amide bonds. The quantitative estimate of drug-likeness (QED) is 0.446. The van der Waals surface area contributed by atoms with E-state index in [4.69, 9.17) is 9.47 Å². The van der Waals surface area contributed by atoms with Crippen LogP contribution in [0.1, 0.15) is 21.7 Å². The summed E-state index contributed by atoms with van der Waals surface area (Å²) < 4.78 is 10.6. The Morgan fingerprint density at radius 2 is 1.76 bits per heavy atom. The first-order chi connectivity index (χ1) is 14.1. The first-order valence-electron chi connectivity index (χ1n) is 9.30. The smallest absolute Gasteiger partial charge is 0.273 e. The Labute approximate surface area is 168 Å². The predicted octanol–water partition coefficient (Wildman–Crippen LogP) is 3.95. The summed E-state index contributed by atoms with van der Waals surface area (Å²) in [5.74, 6) is 1.79. The number of hydrogen-bond donors (Lipinski definition) is 3. The molecule has 0 saturated heterocycles. The molecule has 0 aliphatic carbocycles. The Morgan fingerprint density at radius 3 is 2.48 bits per heavy atom. The van der Waals surface area contributed by atoms with Crippen LogP contribution in [0.15, 0.2) is 54.6 Å². The highest BCUT2D eigenvalue weighted by Crippen LogP contribution is 2.23. The van der Waals surface area contributed by atoms with Crippen molar-refractivity contribution >= 4 is 22.6 Å². The number of carbonyl (C=O) groups is 1. The van der Waals surface area contributed by atoms with Crippen molar-refractivity contribution < 1.29 is 14.3 Å². The molecule has 0 unspecified atom stereocenters. The number of aromatic amines is 2. The number of nitrogens with zero attached hydrogens (tertiary/aromatic N) is 1. The molecular formula is C22H22N4O3. The number of aryl methyl sites for hydroxylation is 2. The fourth-order valence-electron chi connectivity index (χ4n) is 3.22. The van der Waals surface area contributed by atoms with Gasteiger partial charge in [-0.2, -0.15) is 5.10 Å². The molecule has 0 fully saturated rings. The largest absolute Gasteiger partial charge is 0.497 e. The molecule has 0 aliphatic heterocycles. The van der Waals surface area contributed by atoms with Crippen molar-refractivity contribution in [2.24, 2.45) is 0 Å². The van der Waals surface area contributed by atoms with Gasteiger partial charge in [-0.3, -0.25) is 9.89 Å². The zero-order valence-corrected chi connectivity index (χ0v) is 16.3. The molecule has 0 spiro atoms. The Hall–Kier alpha value is -3.74. The fraction of sp³-hybridized carbons (Fsp3) is 0.182. The van der Waals surface area contributed by atoms with Gasteiger partial charge >= 0.3 is 0 Å². The second kappa shape index (κ2) is 8.10. The number of para-hydroxylation sites is 1. The summed E-state index contributed by atoms with van der Waals surface area (Å²) in [7, 11) is 3.27. The summed E-state index contributed by atoms with van der Waals surface area (Å²) in [6.45, 7) is 0. The Bertz CT molecular complexity index is 1090. The van der Waals surface area contributed by atoms with E-state index in [-0.39, 0.29) is 5.91 Å². The second-order valence-corrected chi connectivity index (χ2v) is 6.72. The number of rotatable bonds is 7. The van der Waals surface area contributed by atoms with Gasteiger partial charge in [-0.1, -0.05) is 18.2 Å². The maximum Gasteiger partial charge on any atom is 0.273 e. The van der Waals surface area contributed by atoms with E-state index in [0.717, 1.165) is 46.5 Å². The molecule has 4 aromatic rings. The van der Waals surface area contributed by atoms with Crippen LogP contribution in [0.2, 0.25) is 0 Å². The maximum atomic E-state index is 12.5. The lowest BCUT2D eigenvalue weighted by molar-refractivity contribution is 0.102. The van der Waals surface area contributed by atoms with Crippen LogP contribution in [0.5, 0.6) is 11.5 Å². The van der Waals surface area contributed by atoms with Crippen LogP contribution in [0.4, 0.5) is 5.82 Å². The molecule has 2 aromatic carbocycles. The Balaban J connectivity index is 1.40. The summed E-state index contributed by atoms with van der Waals surface area (Å²) >= 11 is 0. The lowest BCUT2D eigenvalue weighted by atomic mass is 10.1. The van der Waals surface area contributed by atoms with Crippen LogP contribution < -0.4 is 14.8 Å². The van der Waals surface area contributed by atoms with Gasteiger partial charge in [0.25, 0.3) is 5.91 Å². The lowest BCUT2D eigenvalue weighted by Gasteiger charge is -2.07. The predicted molar refractivity (Wildman–Crippen MR) is 112 cm³/mol. The van der Waals surface area contributed by atoms with Crippen LogP contribution in [-0.2, 0) is 12.8 Å². The molecule has 0 aliphatic rings. The number of ether oxygens (including phenoxy) is 2. The molecule has 4 rings (SSSR count). The fourth-order valence-corrected chi connectivity index (χ4v) is 3.22. The number of hydrogen-bond acceptors (Lipinski definition) is 4. The Kier molecular flexibility index (Phi) is 5.20. The third-order valence-electron chi connectivity index (χ3n) is 4.74. The number of amides is 1. The van der Waals surface area contributed by atoms with Crippen molar-refractivity contribution in [3.05, 3.63) is 71.5 Å². The summed E-state index contributed by atoms with van der Waals surface area (Å²) in [6.07, 6.45) is 1.52. The molecule has 0 bridgehead atoms. The first-order valence-corrected chi connectivity index (χ1v) is 9.30. The van der Waals surface area contributed by atoms with E-state index in [1.807, 2.05) is 54.6 Å². The average molecular weight is 390 g/mol. The van der Waals surface area contributed by atoms with E-state index in [0.29, 0.717) is 11.5 Å². The highest BCUT2D eigenvalue weighted by Gasteiger charge is 2.12. The van der Waals surface area contributed by atoms with Gasteiger partial charge in [0.05, 0.1) is 14.2 Å². The van der Waals surface area contributed by atoms with E-state index in [1.54, 1.807) is 14.2 Å². The number of H-pyrrole nitrogens is 2. The minimum Gasteiger partial charge on any atom is -0.497 e. The molecule has 3 N–H and O–H groups in total. The molecule has 7 heteroatoms. The SMILES string of the molecule is COc1cc(CCc2cc(NC(=O)c3cc4ccccc4[nH]3)n[nH]2)cc(OC)c1. The molecule has 0 radical (unpaired) electrons. The van der Waals surface area contributed by atoms with Gasteiger partial charge < -0.3 is 19.8 Å². The van der Waals surface area contributed by atoms with E-state index in [1.165, 1.54) is 0 Å². The van der Waals surface area contributed by atoms with Crippen molar-refractivity contribution in [1.29, 1.82) is 0 Å². The van der Waals surface area contributed by atoms with E-state index >= 15 is 0 Å². The summed E-state index contributed by atoms with van der Waals surface area (Å²) in [5, 5.41) is 11.0. The normalized spacial score (nSPS) is 10.8.